The Kier molecular flexibility index (Phi) is 7.46. The van der Waals surface area contributed by atoms with E-state index in [4.69, 9.17) is 27.9 Å². The molecule has 27 heavy (non-hydrogen) atoms. The predicted molar refractivity (Wildman–Crippen MR) is 103 cm³/mol. The van der Waals surface area contributed by atoms with Crippen LogP contribution in [0.4, 0.5) is 0 Å². The highest BCUT2D eigenvalue weighted by Gasteiger charge is 2.28. The van der Waals surface area contributed by atoms with E-state index in [-0.39, 0.29) is 40.8 Å². The Hall–Kier alpha value is -1.84. The third-order valence-electron chi connectivity index (χ3n) is 3.60. The zero-order chi connectivity index (χ0) is 20.1. The minimum atomic E-state index is -0.561. The summed E-state index contributed by atoms with van der Waals surface area (Å²) in [7, 11) is 0. The number of amides is 1. The van der Waals surface area contributed by atoms with Crippen LogP contribution in [-0.4, -0.2) is 55.6 Å². The summed E-state index contributed by atoms with van der Waals surface area (Å²) in [6.07, 6.45) is 3.15. The van der Waals surface area contributed by atoms with E-state index in [0.717, 1.165) is 0 Å². The number of imidazole rings is 1. The van der Waals surface area contributed by atoms with Gasteiger partial charge in [-0.2, -0.15) is 0 Å². The van der Waals surface area contributed by atoms with E-state index in [1.807, 2.05) is 13.8 Å². The number of carbonyl (C=O) groups is 2. The number of aromatic nitrogens is 4. The Balaban J connectivity index is 2.36. The lowest BCUT2D eigenvalue weighted by atomic mass is 10.2. The van der Waals surface area contributed by atoms with Crippen molar-refractivity contribution in [2.45, 2.75) is 38.5 Å². The number of rotatable bonds is 7. The molecule has 11 heteroatoms. The van der Waals surface area contributed by atoms with Crippen LogP contribution in [0.25, 0.3) is 0 Å². The Bertz CT molecular complexity index is 820. The van der Waals surface area contributed by atoms with Crippen LogP contribution in [0.15, 0.2) is 11.5 Å². The number of esters is 1. The van der Waals surface area contributed by atoms with E-state index in [2.05, 4.69) is 19.9 Å². The molecule has 0 unspecified atom stereocenters. The molecule has 0 bridgehead atoms. The molecule has 0 aliphatic rings. The molecule has 0 aliphatic carbocycles. The van der Waals surface area contributed by atoms with E-state index in [9.17, 15) is 9.59 Å². The van der Waals surface area contributed by atoms with Gasteiger partial charge in [-0.25, -0.2) is 19.7 Å². The first-order valence-electron chi connectivity index (χ1n) is 8.07. The Morgan fingerprint density at radius 2 is 1.93 bits per heavy atom. The maximum Gasteiger partial charge on any atom is 0.358 e. The number of nitrogens with zero attached hydrogens (tertiary/aromatic N) is 4. The maximum atomic E-state index is 13.1. The van der Waals surface area contributed by atoms with Gasteiger partial charge in [0.2, 0.25) is 0 Å². The van der Waals surface area contributed by atoms with Gasteiger partial charge in [0.25, 0.3) is 5.91 Å². The second kappa shape index (κ2) is 9.38. The molecule has 1 amide bonds. The summed E-state index contributed by atoms with van der Waals surface area (Å²) in [5.41, 5.74) is 0.591. The predicted octanol–water partition coefficient (Wildman–Crippen LogP) is 3.46. The molecule has 1 N–H and O–H groups in total. The van der Waals surface area contributed by atoms with Crippen LogP contribution < -0.4 is 0 Å². The number of ether oxygens (including phenoxy) is 1. The fraction of sp³-hybridized carbons (Fsp3) is 0.438. The lowest BCUT2D eigenvalue weighted by Crippen LogP contribution is -2.37. The lowest BCUT2D eigenvalue weighted by Gasteiger charge is -2.27. The summed E-state index contributed by atoms with van der Waals surface area (Å²) in [4.78, 5) is 41.6. The molecule has 2 aromatic heterocycles. The number of hydrogen-bond acceptors (Lipinski definition) is 7. The molecular weight excluding hydrogens is 413 g/mol. The third-order valence-corrected chi connectivity index (χ3v) is 4.69. The summed E-state index contributed by atoms with van der Waals surface area (Å²) in [6.45, 7) is 5.68. The molecule has 0 aliphatic heterocycles. The van der Waals surface area contributed by atoms with Gasteiger partial charge in [-0.3, -0.25) is 4.79 Å². The first kappa shape index (κ1) is 21.5. The second-order valence-electron chi connectivity index (χ2n) is 5.64. The van der Waals surface area contributed by atoms with Crippen LogP contribution in [0.5, 0.6) is 0 Å². The van der Waals surface area contributed by atoms with Crippen LogP contribution in [0, 0.1) is 0 Å². The summed E-state index contributed by atoms with van der Waals surface area (Å²) in [6, 6.07) is -0.219. The van der Waals surface area contributed by atoms with E-state index in [0.29, 0.717) is 10.9 Å². The number of carbonyl (C=O) groups excluding carboxylic acids is 2. The van der Waals surface area contributed by atoms with Crippen LogP contribution in [-0.2, 0) is 11.3 Å². The van der Waals surface area contributed by atoms with Crippen molar-refractivity contribution in [2.75, 3.05) is 12.9 Å². The molecule has 8 nitrogen and oxygen atoms in total. The molecule has 0 spiro atoms. The van der Waals surface area contributed by atoms with Gasteiger partial charge in [-0.15, -0.1) is 0 Å². The largest absolute Gasteiger partial charge is 0.461 e. The fourth-order valence-electron chi connectivity index (χ4n) is 2.28. The highest BCUT2D eigenvalue weighted by atomic mass is 35.5. The molecule has 0 atom stereocenters. The molecule has 0 saturated heterocycles. The number of thioether (sulfide) groups is 1. The minimum absolute atomic E-state index is 0.0158. The SMILES string of the molecule is CCOC(=O)c1nc[nH]c1CN(C(=O)c1c(Cl)nc(SC)nc1Cl)C(C)C. The minimum Gasteiger partial charge on any atom is -0.461 e. The van der Waals surface area contributed by atoms with E-state index in [1.54, 1.807) is 13.2 Å². The standard InChI is InChI=1S/C16H19Cl2N5O3S/c1-5-26-15(25)11-9(19-7-20-11)6-23(8(2)3)14(24)10-12(17)21-16(27-4)22-13(10)18/h7-8H,5-6H2,1-4H3,(H,19,20). The number of nitrogens with one attached hydrogen (secondary N) is 1. The van der Waals surface area contributed by atoms with Gasteiger partial charge >= 0.3 is 5.97 Å². The van der Waals surface area contributed by atoms with Gasteiger partial charge in [0.15, 0.2) is 10.9 Å². The van der Waals surface area contributed by atoms with Crippen LogP contribution >= 0.6 is 35.0 Å². The fourth-order valence-corrected chi connectivity index (χ4v) is 3.29. The topological polar surface area (TPSA) is 101 Å². The number of hydrogen-bond donors (Lipinski definition) is 1. The molecule has 2 aromatic rings. The van der Waals surface area contributed by atoms with Crippen molar-refractivity contribution in [3.63, 3.8) is 0 Å². The van der Waals surface area contributed by atoms with Crippen molar-refractivity contribution in [3.05, 3.63) is 33.6 Å². The zero-order valence-corrected chi connectivity index (χ0v) is 17.6. The van der Waals surface area contributed by atoms with Crippen LogP contribution in [0.1, 0.15) is 47.3 Å². The number of aromatic amines is 1. The molecule has 0 fully saturated rings. The highest BCUT2D eigenvalue weighted by Crippen LogP contribution is 2.27. The van der Waals surface area contributed by atoms with Gasteiger partial charge in [-0.05, 0) is 27.0 Å². The van der Waals surface area contributed by atoms with E-state index in [1.165, 1.54) is 23.0 Å². The van der Waals surface area contributed by atoms with E-state index < -0.39 is 11.9 Å². The summed E-state index contributed by atoms with van der Waals surface area (Å²) in [5, 5.41) is 0.325. The Morgan fingerprint density at radius 3 is 2.44 bits per heavy atom. The summed E-state index contributed by atoms with van der Waals surface area (Å²) in [5.74, 6) is -1.01. The van der Waals surface area contributed by atoms with Gasteiger partial charge in [-0.1, -0.05) is 35.0 Å². The smallest absolute Gasteiger partial charge is 0.358 e. The van der Waals surface area contributed by atoms with Crippen LogP contribution in [0.3, 0.4) is 0 Å². The highest BCUT2D eigenvalue weighted by molar-refractivity contribution is 7.98. The number of halogens is 2. The molecule has 2 heterocycles. The molecule has 0 radical (unpaired) electrons. The molecule has 0 saturated carbocycles. The molecular formula is C16H19Cl2N5O3S. The molecule has 0 aromatic carbocycles. The van der Waals surface area contributed by atoms with Crippen molar-refractivity contribution in [1.29, 1.82) is 0 Å². The van der Waals surface area contributed by atoms with Crippen molar-refractivity contribution in [1.82, 2.24) is 24.8 Å². The second-order valence-corrected chi connectivity index (χ2v) is 7.13. The first-order chi connectivity index (χ1) is 12.8. The van der Waals surface area contributed by atoms with E-state index >= 15 is 0 Å². The number of H-pyrrole nitrogens is 1. The van der Waals surface area contributed by atoms with Crippen LogP contribution in [0.2, 0.25) is 10.3 Å². The average Bonchev–Trinajstić information content (AvgIpc) is 3.07. The van der Waals surface area contributed by atoms with Crippen molar-refractivity contribution in [2.24, 2.45) is 0 Å². The molecule has 146 valence electrons. The van der Waals surface area contributed by atoms with Crippen molar-refractivity contribution >= 4 is 46.8 Å². The molecule has 2 rings (SSSR count). The first-order valence-corrected chi connectivity index (χ1v) is 10.1. The third kappa shape index (κ3) is 4.91. The maximum absolute atomic E-state index is 13.1. The quantitative estimate of drug-likeness (QED) is 0.310. The Morgan fingerprint density at radius 1 is 1.30 bits per heavy atom. The van der Waals surface area contributed by atoms with Gasteiger partial charge in [0, 0.05) is 6.04 Å². The van der Waals surface area contributed by atoms with Gasteiger partial charge in [0.05, 0.1) is 25.2 Å². The zero-order valence-electron chi connectivity index (χ0n) is 15.2. The van der Waals surface area contributed by atoms with Crippen molar-refractivity contribution < 1.29 is 14.3 Å². The monoisotopic (exact) mass is 431 g/mol. The van der Waals surface area contributed by atoms with Crippen molar-refractivity contribution in [3.8, 4) is 0 Å². The summed E-state index contributed by atoms with van der Waals surface area (Å²) >= 11 is 13.6. The Labute approximate surface area is 171 Å². The average molecular weight is 432 g/mol. The van der Waals surface area contributed by atoms with Gasteiger partial charge < -0.3 is 14.6 Å². The normalized spacial score (nSPS) is 10.9. The lowest BCUT2D eigenvalue weighted by molar-refractivity contribution is 0.0512. The summed E-state index contributed by atoms with van der Waals surface area (Å²) < 4.78 is 4.99. The van der Waals surface area contributed by atoms with Gasteiger partial charge in [0.1, 0.15) is 15.9 Å².